The number of carboxylic acids is 1. The van der Waals surface area contributed by atoms with E-state index in [-0.39, 0.29) is 11.6 Å². The molecule has 3 heterocycles. The Hall–Kier alpha value is -2.65. The van der Waals surface area contributed by atoms with Crippen LogP contribution in [-0.4, -0.2) is 43.9 Å². The average molecular weight is 383 g/mol. The zero-order valence-electron chi connectivity index (χ0n) is 15.0. The third-order valence-electron chi connectivity index (χ3n) is 4.81. The summed E-state index contributed by atoms with van der Waals surface area (Å²) in [7, 11) is 0. The van der Waals surface area contributed by atoms with Crippen LogP contribution in [0, 0.1) is 12.8 Å². The highest BCUT2D eigenvalue weighted by Crippen LogP contribution is 2.33. The highest BCUT2D eigenvalue weighted by atomic mass is 19.4. The van der Waals surface area contributed by atoms with Crippen LogP contribution in [0.2, 0.25) is 0 Å². The van der Waals surface area contributed by atoms with Crippen molar-refractivity contribution >= 4 is 11.9 Å². The number of carboxylic acid groups (broad SMARTS) is 1. The number of hydrogen-bond acceptors (Lipinski definition) is 5. The molecule has 0 aliphatic carbocycles. The summed E-state index contributed by atoms with van der Waals surface area (Å²) in [5.74, 6) is -1.41. The van der Waals surface area contributed by atoms with Gasteiger partial charge in [0.1, 0.15) is 0 Å². The SMILES string of the molecule is CCn1ncc(-c2cc(C(F)(F)F)nc(N3CCC(C(=O)O)CC3)n2)c1C. The van der Waals surface area contributed by atoms with Crippen molar-refractivity contribution in [3.8, 4) is 11.3 Å². The summed E-state index contributed by atoms with van der Waals surface area (Å²) in [6.45, 7) is 4.86. The second-order valence-electron chi connectivity index (χ2n) is 6.50. The van der Waals surface area contributed by atoms with Crippen molar-refractivity contribution < 1.29 is 23.1 Å². The minimum absolute atomic E-state index is 0.0349. The molecule has 0 amide bonds. The van der Waals surface area contributed by atoms with Crippen LogP contribution in [0.5, 0.6) is 0 Å². The van der Waals surface area contributed by atoms with E-state index in [4.69, 9.17) is 5.11 Å². The summed E-state index contributed by atoms with van der Waals surface area (Å²) in [6.07, 6.45) is -2.42. The molecule has 7 nitrogen and oxygen atoms in total. The van der Waals surface area contributed by atoms with Crippen molar-refractivity contribution in [2.75, 3.05) is 18.0 Å². The summed E-state index contributed by atoms with van der Waals surface area (Å²) >= 11 is 0. The molecule has 0 bridgehead atoms. The highest BCUT2D eigenvalue weighted by molar-refractivity contribution is 5.70. The molecule has 10 heteroatoms. The van der Waals surface area contributed by atoms with E-state index in [9.17, 15) is 18.0 Å². The molecule has 0 radical (unpaired) electrons. The fourth-order valence-electron chi connectivity index (χ4n) is 3.20. The van der Waals surface area contributed by atoms with Gasteiger partial charge in [-0.2, -0.15) is 18.3 Å². The normalized spacial score (nSPS) is 16.0. The van der Waals surface area contributed by atoms with Gasteiger partial charge in [-0.25, -0.2) is 9.97 Å². The Labute approximate surface area is 153 Å². The van der Waals surface area contributed by atoms with E-state index in [2.05, 4.69) is 15.1 Å². The number of nitrogens with zero attached hydrogens (tertiary/aromatic N) is 5. The molecule has 1 aliphatic rings. The van der Waals surface area contributed by atoms with Crippen LogP contribution in [0.15, 0.2) is 12.3 Å². The van der Waals surface area contributed by atoms with Crippen LogP contribution in [0.1, 0.15) is 31.2 Å². The smallest absolute Gasteiger partial charge is 0.433 e. The van der Waals surface area contributed by atoms with E-state index in [1.54, 1.807) is 16.5 Å². The first kappa shape index (κ1) is 19.1. The number of anilines is 1. The van der Waals surface area contributed by atoms with Gasteiger partial charge in [0, 0.05) is 30.9 Å². The molecule has 2 aromatic heterocycles. The molecule has 146 valence electrons. The van der Waals surface area contributed by atoms with Crippen LogP contribution in [0.25, 0.3) is 11.3 Å². The lowest BCUT2D eigenvalue weighted by Gasteiger charge is -2.30. The average Bonchev–Trinajstić information content (AvgIpc) is 3.01. The lowest BCUT2D eigenvalue weighted by Crippen LogP contribution is -2.37. The fourth-order valence-corrected chi connectivity index (χ4v) is 3.20. The van der Waals surface area contributed by atoms with Gasteiger partial charge < -0.3 is 10.0 Å². The van der Waals surface area contributed by atoms with E-state index < -0.39 is 23.8 Å². The molecule has 0 unspecified atom stereocenters. The van der Waals surface area contributed by atoms with Gasteiger partial charge in [-0.1, -0.05) is 0 Å². The largest absolute Gasteiger partial charge is 0.481 e. The number of halogens is 3. The van der Waals surface area contributed by atoms with Gasteiger partial charge in [0.15, 0.2) is 5.69 Å². The predicted molar refractivity (Wildman–Crippen MR) is 91.2 cm³/mol. The van der Waals surface area contributed by atoms with Gasteiger partial charge in [-0.15, -0.1) is 0 Å². The van der Waals surface area contributed by atoms with E-state index >= 15 is 0 Å². The number of alkyl halides is 3. The lowest BCUT2D eigenvalue weighted by molar-refractivity contribution is -0.142. The molecule has 0 spiro atoms. The van der Waals surface area contributed by atoms with Crippen LogP contribution in [0.3, 0.4) is 0 Å². The Bertz CT molecular complexity index is 842. The Morgan fingerprint density at radius 1 is 1.30 bits per heavy atom. The maximum atomic E-state index is 13.4. The number of aryl methyl sites for hydroxylation is 1. The molecule has 1 fully saturated rings. The first-order valence-electron chi connectivity index (χ1n) is 8.67. The van der Waals surface area contributed by atoms with E-state index in [0.717, 1.165) is 11.8 Å². The van der Waals surface area contributed by atoms with Crippen LogP contribution >= 0.6 is 0 Å². The molecular formula is C17H20F3N5O2. The van der Waals surface area contributed by atoms with Crippen LogP contribution in [0.4, 0.5) is 19.1 Å². The molecule has 1 N–H and O–H groups in total. The summed E-state index contributed by atoms with van der Waals surface area (Å²) in [5, 5.41) is 13.3. The first-order chi connectivity index (χ1) is 12.7. The Morgan fingerprint density at radius 3 is 2.48 bits per heavy atom. The Balaban J connectivity index is 1.99. The molecule has 0 aromatic carbocycles. The summed E-state index contributed by atoms with van der Waals surface area (Å²) in [6, 6.07) is 0.928. The van der Waals surface area contributed by atoms with Gasteiger partial charge in [-0.05, 0) is 32.8 Å². The second-order valence-corrected chi connectivity index (χ2v) is 6.50. The lowest BCUT2D eigenvalue weighted by atomic mass is 9.97. The molecule has 1 saturated heterocycles. The minimum Gasteiger partial charge on any atom is -0.481 e. The van der Waals surface area contributed by atoms with Crippen molar-refractivity contribution in [2.45, 2.75) is 39.4 Å². The molecule has 0 atom stereocenters. The number of hydrogen-bond donors (Lipinski definition) is 1. The van der Waals surface area contributed by atoms with E-state index in [0.29, 0.717) is 38.0 Å². The monoisotopic (exact) mass is 383 g/mol. The molecule has 0 saturated carbocycles. The maximum absolute atomic E-state index is 13.4. The van der Waals surface area contributed by atoms with Crippen molar-refractivity contribution in [3.63, 3.8) is 0 Å². The van der Waals surface area contributed by atoms with E-state index in [1.165, 1.54) is 6.20 Å². The third kappa shape index (κ3) is 3.88. The molecule has 1 aliphatic heterocycles. The van der Waals surface area contributed by atoms with Gasteiger partial charge >= 0.3 is 12.1 Å². The highest BCUT2D eigenvalue weighted by Gasteiger charge is 2.35. The van der Waals surface area contributed by atoms with Gasteiger partial charge in [0.05, 0.1) is 17.8 Å². The van der Waals surface area contributed by atoms with Gasteiger partial charge in [0.25, 0.3) is 0 Å². The topological polar surface area (TPSA) is 84.1 Å². The number of piperidine rings is 1. The molecule has 27 heavy (non-hydrogen) atoms. The quantitative estimate of drug-likeness (QED) is 0.874. The Morgan fingerprint density at radius 2 is 1.96 bits per heavy atom. The fraction of sp³-hybridized carbons (Fsp3) is 0.529. The number of aliphatic carboxylic acids is 1. The standard InChI is InChI=1S/C17H20F3N5O2/c1-3-25-10(2)12(9-21-25)13-8-14(17(18,19)20)23-16(22-13)24-6-4-11(5-7-24)15(26)27/h8-9,11H,3-7H2,1-2H3,(H,26,27). The zero-order valence-corrected chi connectivity index (χ0v) is 15.0. The maximum Gasteiger partial charge on any atom is 0.433 e. The van der Waals surface area contributed by atoms with Crippen LogP contribution < -0.4 is 4.90 Å². The van der Waals surface area contributed by atoms with Crippen molar-refractivity contribution in [2.24, 2.45) is 5.92 Å². The summed E-state index contributed by atoms with van der Waals surface area (Å²) in [5.41, 5.74) is 0.377. The first-order valence-corrected chi connectivity index (χ1v) is 8.67. The molecule has 3 rings (SSSR count). The molecular weight excluding hydrogens is 363 g/mol. The number of rotatable bonds is 4. The third-order valence-corrected chi connectivity index (χ3v) is 4.81. The predicted octanol–water partition coefficient (Wildman–Crippen LogP) is 2.99. The van der Waals surface area contributed by atoms with Crippen molar-refractivity contribution in [1.82, 2.24) is 19.7 Å². The summed E-state index contributed by atoms with van der Waals surface area (Å²) < 4.78 is 41.8. The second kappa shape index (κ2) is 7.16. The van der Waals surface area contributed by atoms with Gasteiger partial charge in [-0.3, -0.25) is 9.48 Å². The van der Waals surface area contributed by atoms with E-state index in [1.807, 2.05) is 6.92 Å². The van der Waals surface area contributed by atoms with Crippen molar-refractivity contribution in [3.05, 3.63) is 23.7 Å². The number of aromatic nitrogens is 4. The minimum atomic E-state index is -4.61. The zero-order chi connectivity index (χ0) is 19.8. The van der Waals surface area contributed by atoms with Crippen LogP contribution in [-0.2, 0) is 17.5 Å². The van der Waals surface area contributed by atoms with Gasteiger partial charge in [0.2, 0.25) is 5.95 Å². The Kier molecular flexibility index (Phi) is 5.07. The number of carbonyl (C=O) groups is 1. The summed E-state index contributed by atoms with van der Waals surface area (Å²) in [4.78, 5) is 20.7. The molecule has 2 aromatic rings. The van der Waals surface area contributed by atoms with Crippen molar-refractivity contribution in [1.29, 1.82) is 0 Å².